The molecule has 0 aromatic carbocycles. The van der Waals surface area contributed by atoms with E-state index in [1.807, 2.05) is 13.8 Å². The van der Waals surface area contributed by atoms with Gasteiger partial charge in [-0.15, -0.1) is 0 Å². The van der Waals surface area contributed by atoms with Crippen LogP contribution in [0.15, 0.2) is 36.5 Å². The molecule has 0 amide bonds. The first kappa shape index (κ1) is 17.3. The van der Waals surface area contributed by atoms with E-state index in [-0.39, 0.29) is 17.5 Å². The highest BCUT2D eigenvalue weighted by atomic mass is 19.1. The van der Waals surface area contributed by atoms with Crippen LogP contribution in [0.4, 0.5) is 27.5 Å². The van der Waals surface area contributed by atoms with Gasteiger partial charge in [-0.2, -0.15) is 5.10 Å². The van der Waals surface area contributed by atoms with Crippen LogP contribution in [-0.4, -0.2) is 25.1 Å². The molecule has 3 heterocycles. The summed E-state index contributed by atoms with van der Waals surface area (Å²) in [6.45, 7) is 3.64. The number of H-pyrrole nitrogens is 1. The Morgan fingerprint density at radius 3 is 2.69 bits per heavy atom. The van der Waals surface area contributed by atoms with Crippen LogP contribution in [0.3, 0.4) is 0 Å². The summed E-state index contributed by atoms with van der Waals surface area (Å²) in [5.41, 5.74) is 1.24. The Bertz CT molecular complexity index is 927. The van der Waals surface area contributed by atoms with Gasteiger partial charge in [0.1, 0.15) is 11.6 Å². The summed E-state index contributed by atoms with van der Waals surface area (Å²) in [6.07, 6.45) is 1.13. The number of nitrogens with one attached hydrogen (secondary N) is 3. The Morgan fingerprint density at radius 1 is 1.27 bits per heavy atom. The zero-order chi connectivity index (χ0) is 18.7. The second-order valence-corrected chi connectivity index (χ2v) is 5.65. The molecule has 0 saturated carbocycles. The van der Waals surface area contributed by atoms with Crippen molar-refractivity contribution in [2.75, 3.05) is 10.6 Å². The molecule has 134 valence electrons. The molecule has 0 saturated heterocycles. The van der Waals surface area contributed by atoms with Gasteiger partial charge >= 0.3 is 5.69 Å². The lowest BCUT2D eigenvalue weighted by Gasteiger charge is -2.14. The van der Waals surface area contributed by atoms with Crippen LogP contribution in [0, 0.1) is 22.9 Å². The third-order valence-electron chi connectivity index (χ3n) is 3.58. The minimum Gasteiger partial charge on any atom is -0.362 e. The molecule has 0 radical (unpaired) electrons. The summed E-state index contributed by atoms with van der Waals surface area (Å²) in [5.74, 6) is 0.466. The zero-order valence-corrected chi connectivity index (χ0v) is 14.0. The summed E-state index contributed by atoms with van der Waals surface area (Å²) in [5, 5.41) is 23.9. The standard InChI is InChI=1S/C16H16FN7O2/c1-9-7-15(23-22-9)21-16-13(24(25)26)5-6-14(20-16)19-10(2)12-4-3-11(17)8-18-12/h3-8,10H,1-2H3,(H3,19,20,21,22,23)/t10-/m0/s1. The Morgan fingerprint density at radius 2 is 2.08 bits per heavy atom. The van der Waals surface area contributed by atoms with Gasteiger partial charge in [-0.3, -0.25) is 20.2 Å². The van der Waals surface area contributed by atoms with Gasteiger partial charge in [0.15, 0.2) is 5.82 Å². The van der Waals surface area contributed by atoms with Gasteiger partial charge in [-0.05, 0) is 32.0 Å². The number of nitro groups is 1. The fraction of sp³-hybridized carbons (Fsp3) is 0.188. The van der Waals surface area contributed by atoms with Crippen LogP contribution in [0.2, 0.25) is 0 Å². The number of aromatic nitrogens is 4. The van der Waals surface area contributed by atoms with E-state index in [1.54, 1.807) is 12.1 Å². The van der Waals surface area contributed by atoms with E-state index in [1.165, 1.54) is 18.2 Å². The fourth-order valence-corrected chi connectivity index (χ4v) is 2.31. The maximum Gasteiger partial charge on any atom is 0.311 e. The van der Waals surface area contributed by atoms with E-state index in [2.05, 4.69) is 30.8 Å². The minimum absolute atomic E-state index is 0.0609. The van der Waals surface area contributed by atoms with E-state index in [9.17, 15) is 14.5 Å². The number of anilines is 3. The van der Waals surface area contributed by atoms with Crippen molar-refractivity contribution in [3.05, 3.63) is 63.8 Å². The van der Waals surface area contributed by atoms with Crippen molar-refractivity contribution in [3.63, 3.8) is 0 Å². The lowest BCUT2D eigenvalue weighted by molar-refractivity contribution is -0.384. The van der Waals surface area contributed by atoms with Crippen molar-refractivity contribution >= 4 is 23.1 Å². The smallest absolute Gasteiger partial charge is 0.311 e. The number of halogens is 1. The fourth-order valence-electron chi connectivity index (χ4n) is 2.31. The van der Waals surface area contributed by atoms with Crippen molar-refractivity contribution in [1.29, 1.82) is 0 Å². The first-order valence-corrected chi connectivity index (χ1v) is 7.75. The van der Waals surface area contributed by atoms with Gasteiger partial charge in [0.2, 0.25) is 5.82 Å². The summed E-state index contributed by atoms with van der Waals surface area (Å²) >= 11 is 0. The molecule has 0 aliphatic rings. The van der Waals surface area contributed by atoms with E-state index < -0.39 is 10.7 Å². The molecule has 0 fully saturated rings. The van der Waals surface area contributed by atoms with Gasteiger partial charge in [-0.25, -0.2) is 9.37 Å². The lowest BCUT2D eigenvalue weighted by atomic mass is 10.2. The number of aryl methyl sites for hydroxylation is 1. The van der Waals surface area contributed by atoms with Crippen molar-refractivity contribution in [2.24, 2.45) is 0 Å². The third-order valence-corrected chi connectivity index (χ3v) is 3.58. The maximum absolute atomic E-state index is 13.0. The Hall–Kier alpha value is -3.56. The highest BCUT2D eigenvalue weighted by Gasteiger charge is 2.18. The van der Waals surface area contributed by atoms with Crippen LogP contribution in [0.5, 0.6) is 0 Å². The van der Waals surface area contributed by atoms with Crippen LogP contribution in [0.25, 0.3) is 0 Å². The number of nitrogens with zero attached hydrogens (tertiary/aromatic N) is 4. The predicted octanol–water partition coefficient (Wildman–Crippen LogP) is 3.47. The summed E-state index contributed by atoms with van der Waals surface area (Å²) in [7, 11) is 0. The quantitative estimate of drug-likeness (QED) is 0.456. The highest BCUT2D eigenvalue weighted by molar-refractivity contribution is 5.66. The van der Waals surface area contributed by atoms with Crippen molar-refractivity contribution in [3.8, 4) is 0 Å². The first-order chi connectivity index (χ1) is 12.4. The van der Waals surface area contributed by atoms with Crippen molar-refractivity contribution < 1.29 is 9.31 Å². The molecule has 0 unspecified atom stereocenters. The average Bonchev–Trinajstić information content (AvgIpc) is 3.00. The molecular weight excluding hydrogens is 341 g/mol. The molecule has 0 aliphatic heterocycles. The van der Waals surface area contributed by atoms with Crippen molar-refractivity contribution in [2.45, 2.75) is 19.9 Å². The van der Waals surface area contributed by atoms with Crippen LogP contribution in [-0.2, 0) is 0 Å². The minimum atomic E-state index is -0.524. The monoisotopic (exact) mass is 357 g/mol. The van der Waals surface area contributed by atoms with E-state index in [4.69, 9.17) is 0 Å². The van der Waals surface area contributed by atoms with Gasteiger partial charge in [0.05, 0.1) is 22.9 Å². The third kappa shape index (κ3) is 3.91. The summed E-state index contributed by atoms with van der Waals surface area (Å²) in [6, 6.07) is 7.16. The number of hydrogen-bond acceptors (Lipinski definition) is 7. The molecule has 1 atom stereocenters. The Kier molecular flexibility index (Phi) is 4.74. The Labute approximate surface area is 147 Å². The molecule has 10 heteroatoms. The lowest BCUT2D eigenvalue weighted by Crippen LogP contribution is -2.11. The molecule has 0 aliphatic carbocycles. The number of hydrogen-bond donors (Lipinski definition) is 3. The highest BCUT2D eigenvalue weighted by Crippen LogP contribution is 2.28. The predicted molar refractivity (Wildman–Crippen MR) is 93.7 cm³/mol. The second kappa shape index (κ2) is 7.13. The SMILES string of the molecule is Cc1cc(Nc2nc(N[C@@H](C)c3ccc(F)cn3)ccc2[N+](=O)[O-])n[nH]1. The molecular formula is C16H16FN7O2. The molecule has 3 N–H and O–H groups in total. The number of pyridine rings is 2. The van der Waals surface area contributed by atoms with Gasteiger partial charge in [0, 0.05) is 17.8 Å². The average molecular weight is 357 g/mol. The molecule has 0 bridgehead atoms. The van der Waals surface area contributed by atoms with Crippen LogP contribution >= 0.6 is 0 Å². The van der Waals surface area contributed by atoms with Gasteiger partial charge < -0.3 is 10.6 Å². The molecule has 3 aromatic rings. The topological polar surface area (TPSA) is 122 Å². The van der Waals surface area contributed by atoms with Crippen molar-refractivity contribution in [1.82, 2.24) is 20.2 Å². The summed E-state index contributed by atoms with van der Waals surface area (Å²) in [4.78, 5) is 19.0. The molecule has 3 rings (SSSR count). The molecule has 3 aromatic heterocycles. The first-order valence-electron chi connectivity index (χ1n) is 7.75. The van der Waals surface area contributed by atoms with Gasteiger partial charge in [0.25, 0.3) is 0 Å². The largest absolute Gasteiger partial charge is 0.362 e. The zero-order valence-electron chi connectivity index (χ0n) is 14.0. The summed E-state index contributed by atoms with van der Waals surface area (Å²) < 4.78 is 13.0. The molecule has 0 spiro atoms. The van der Waals surface area contributed by atoms with E-state index in [0.717, 1.165) is 11.9 Å². The second-order valence-electron chi connectivity index (χ2n) is 5.65. The van der Waals surface area contributed by atoms with E-state index in [0.29, 0.717) is 17.3 Å². The Balaban J connectivity index is 1.84. The number of aromatic amines is 1. The van der Waals surface area contributed by atoms with Crippen LogP contribution < -0.4 is 10.6 Å². The normalized spacial score (nSPS) is 11.8. The molecule has 9 nitrogen and oxygen atoms in total. The van der Waals surface area contributed by atoms with Crippen LogP contribution in [0.1, 0.15) is 24.4 Å². The number of rotatable bonds is 6. The molecule has 26 heavy (non-hydrogen) atoms. The van der Waals surface area contributed by atoms with Gasteiger partial charge in [-0.1, -0.05) is 0 Å². The maximum atomic E-state index is 13.0. The van der Waals surface area contributed by atoms with E-state index >= 15 is 0 Å².